The second kappa shape index (κ2) is 21.6. The standard InChI is InChI=1S/C46H31N3O.C3H8.C2H6.CH4S/c50-43(38-30-36(32-17-5-1-6-18-32)29-37(31-38)33-19-7-2-8-20-33)46-48-44(41-27-15-13-25-39(41)34-21-9-3-10-22-34)47-45(49-46)42-28-16-14-26-40(42)35-23-11-4-12-24-35;1-3-2;2*1-2/h1-31H;3H2,1-2H3;1-2H3;2H,1H3. The number of benzene rings is 7. The summed E-state index contributed by atoms with van der Waals surface area (Å²) in [6.45, 7) is 8.25. The molecule has 1 aromatic heterocycles. The van der Waals surface area contributed by atoms with Crippen molar-refractivity contribution in [3.63, 3.8) is 0 Å². The third-order valence-electron chi connectivity index (χ3n) is 8.75. The van der Waals surface area contributed by atoms with Gasteiger partial charge in [-0.1, -0.05) is 204 Å². The van der Waals surface area contributed by atoms with E-state index in [1.165, 1.54) is 6.42 Å². The van der Waals surface area contributed by atoms with Crippen molar-refractivity contribution in [1.82, 2.24) is 15.0 Å². The molecule has 5 heteroatoms. The van der Waals surface area contributed by atoms with E-state index in [0.29, 0.717) is 17.2 Å². The van der Waals surface area contributed by atoms with E-state index in [1.54, 1.807) is 6.26 Å². The maximum absolute atomic E-state index is 14.7. The second-order valence-corrected chi connectivity index (χ2v) is 12.7. The summed E-state index contributed by atoms with van der Waals surface area (Å²) in [5.41, 5.74) is 10.1. The first kappa shape index (κ1) is 41.7. The quantitative estimate of drug-likeness (QED) is 0.124. The van der Waals surface area contributed by atoms with Crippen molar-refractivity contribution < 1.29 is 4.79 Å². The van der Waals surface area contributed by atoms with Crippen LogP contribution in [0.4, 0.5) is 0 Å². The molecule has 0 spiro atoms. The van der Waals surface area contributed by atoms with Gasteiger partial charge < -0.3 is 0 Å². The zero-order valence-electron chi connectivity index (χ0n) is 33.3. The van der Waals surface area contributed by atoms with Gasteiger partial charge in [-0.3, -0.25) is 4.79 Å². The smallest absolute Gasteiger partial charge is 0.230 e. The molecule has 0 amide bonds. The summed E-state index contributed by atoms with van der Waals surface area (Å²) in [7, 11) is 0. The molecule has 0 aliphatic carbocycles. The van der Waals surface area contributed by atoms with Crippen LogP contribution < -0.4 is 0 Å². The van der Waals surface area contributed by atoms with Crippen molar-refractivity contribution >= 4 is 18.4 Å². The molecule has 1 heterocycles. The highest BCUT2D eigenvalue weighted by Crippen LogP contribution is 2.35. The fourth-order valence-corrected chi connectivity index (χ4v) is 6.30. The molecular formula is C52H49N3OS. The Morgan fingerprint density at radius 3 is 1.05 bits per heavy atom. The lowest BCUT2D eigenvalue weighted by Gasteiger charge is -2.14. The molecule has 0 aliphatic heterocycles. The van der Waals surface area contributed by atoms with Crippen LogP contribution in [0.1, 0.15) is 50.3 Å². The molecule has 4 nitrogen and oxygen atoms in total. The molecule has 0 saturated heterocycles. The van der Waals surface area contributed by atoms with Gasteiger partial charge in [-0.05, 0) is 69.0 Å². The number of ketones is 1. The molecule has 0 aliphatic rings. The minimum absolute atomic E-state index is 0.0833. The summed E-state index contributed by atoms with van der Waals surface area (Å²) in [5.74, 6) is 0.672. The van der Waals surface area contributed by atoms with E-state index in [0.717, 1.165) is 55.6 Å². The third-order valence-corrected chi connectivity index (χ3v) is 8.75. The van der Waals surface area contributed by atoms with Crippen LogP contribution in [0.25, 0.3) is 67.3 Å². The summed E-state index contributed by atoms with van der Waals surface area (Å²) in [4.78, 5) is 29.7. The minimum atomic E-state index is -0.278. The van der Waals surface area contributed by atoms with Crippen LogP contribution in [-0.2, 0) is 0 Å². The van der Waals surface area contributed by atoms with Gasteiger partial charge in [0.15, 0.2) is 11.6 Å². The van der Waals surface area contributed by atoms with E-state index < -0.39 is 0 Å². The topological polar surface area (TPSA) is 55.7 Å². The molecule has 0 fully saturated rings. The van der Waals surface area contributed by atoms with E-state index >= 15 is 0 Å². The number of rotatable bonds is 8. The Bertz CT molecular complexity index is 2290. The first-order chi connectivity index (χ1) is 28.1. The lowest BCUT2D eigenvalue weighted by atomic mass is 9.94. The van der Waals surface area contributed by atoms with Crippen LogP contribution in [0.15, 0.2) is 188 Å². The van der Waals surface area contributed by atoms with Crippen LogP contribution in [0.5, 0.6) is 0 Å². The van der Waals surface area contributed by atoms with Gasteiger partial charge >= 0.3 is 0 Å². The molecule has 0 unspecified atom stereocenters. The van der Waals surface area contributed by atoms with Crippen molar-refractivity contribution in [3.05, 3.63) is 199 Å². The molecule has 284 valence electrons. The van der Waals surface area contributed by atoms with E-state index in [9.17, 15) is 4.79 Å². The van der Waals surface area contributed by atoms with Crippen molar-refractivity contribution in [2.24, 2.45) is 0 Å². The molecular weight excluding hydrogens is 715 g/mol. The Morgan fingerprint density at radius 2 is 0.702 bits per heavy atom. The second-order valence-electron chi connectivity index (χ2n) is 12.7. The van der Waals surface area contributed by atoms with Crippen molar-refractivity contribution in [1.29, 1.82) is 0 Å². The maximum atomic E-state index is 14.7. The van der Waals surface area contributed by atoms with Crippen molar-refractivity contribution in [2.75, 3.05) is 6.26 Å². The number of nitrogens with zero attached hydrogens (tertiary/aromatic N) is 3. The predicted molar refractivity (Wildman–Crippen MR) is 245 cm³/mol. The van der Waals surface area contributed by atoms with E-state index in [-0.39, 0.29) is 11.6 Å². The number of carbonyl (C=O) groups excluding carboxylic acids is 1. The van der Waals surface area contributed by atoms with Crippen LogP contribution in [0, 0.1) is 0 Å². The normalized spacial score (nSPS) is 10.1. The summed E-state index contributed by atoms with van der Waals surface area (Å²) < 4.78 is 0. The first-order valence-corrected chi connectivity index (χ1v) is 20.3. The molecule has 0 radical (unpaired) electrons. The SMILES string of the molecule is CC.CCC.CS.O=C(c1cc(-c2ccccc2)cc(-c2ccccc2)c1)c1nc(-c2ccccc2-c2ccccc2)nc(-c2ccccc2-c2ccccc2)n1. The summed E-state index contributed by atoms with van der Waals surface area (Å²) >= 11 is 3.53. The highest BCUT2D eigenvalue weighted by atomic mass is 32.1. The van der Waals surface area contributed by atoms with Gasteiger partial charge in [0.05, 0.1) is 0 Å². The fraction of sp³-hybridized carbons (Fsp3) is 0.115. The Balaban J connectivity index is 0.000000835. The Labute approximate surface area is 343 Å². The first-order valence-electron chi connectivity index (χ1n) is 19.4. The van der Waals surface area contributed by atoms with Gasteiger partial charge in [-0.15, -0.1) is 0 Å². The monoisotopic (exact) mass is 763 g/mol. The van der Waals surface area contributed by atoms with Gasteiger partial charge in [0.1, 0.15) is 0 Å². The minimum Gasteiger partial charge on any atom is -0.285 e. The van der Waals surface area contributed by atoms with Gasteiger partial charge in [0, 0.05) is 16.7 Å². The number of hydrogen-bond donors (Lipinski definition) is 1. The Morgan fingerprint density at radius 1 is 0.404 bits per heavy atom. The number of aromatic nitrogens is 3. The number of carbonyl (C=O) groups is 1. The van der Waals surface area contributed by atoms with Gasteiger partial charge in [0.25, 0.3) is 0 Å². The fourth-order valence-electron chi connectivity index (χ4n) is 6.30. The summed E-state index contributed by atoms with van der Waals surface area (Å²) in [6.07, 6.45) is 2.94. The zero-order chi connectivity index (χ0) is 40.4. The molecule has 0 saturated carbocycles. The lowest BCUT2D eigenvalue weighted by molar-refractivity contribution is 0.102. The van der Waals surface area contributed by atoms with Crippen molar-refractivity contribution in [3.8, 4) is 67.3 Å². The molecule has 0 bridgehead atoms. The zero-order valence-corrected chi connectivity index (χ0v) is 34.2. The van der Waals surface area contributed by atoms with E-state index in [1.807, 2.05) is 135 Å². The van der Waals surface area contributed by atoms with Crippen LogP contribution >= 0.6 is 12.6 Å². The molecule has 0 atom stereocenters. The molecule has 57 heavy (non-hydrogen) atoms. The average molecular weight is 764 g/mol. The maximum Gasteiger partial charge on any atom is 0.230 e. The van der Waals surface area contributed by atoms with Crippen LogP contribution in [0.2, 0.25) is 0 Å². The lowest BCUT2D eigenvalue weighted by Crippen LogP contribution is -2.11. The highest BCUT2D eigenvalue weighted by Gasteiger charge is 2.22. The summed E-state index contributed by atoms with van der Waals surface area (Å²) in [5, 5.41) is 0. The number of thiol groups is 1. The predicted octanol–water partition coefficient (Wildman–Crippen LogP) is 14.1. The molecule has 8 aromatic rings. The van der Waals surface area contributed by atoms with E-state index in [4.69, 9.17) is 15.0 Å². The van der Waals surface area contributed by atoms with Crippen LogP contribution in [-0.4, -0.2) is 27.0 Å². The van der Waals surface area contributed by atoms with E-state index in [2.05, 4.69) is 93.2 Å². The number of hydrogen-bond acceptors (Lipinski definition) is 5. The van der Waals surface area contributed by atoms with Gasteiger partial charge in [0.2, 0.25) is 11.6 Å². The molecule has 7 aromatic carbocycles. The van der Waals surface area contributed by atoms with Crippen LogP contribution in [0.3, 0.4) is 0 Å². The summed E-state index contributed by atoms with van der Waals surface area (Å²) in [6, 6.07) is 62.6. The van der Waals surface area contributed by atoms with Gasteiger partial charge in [-0.2, -0.15) is 12.6 Å². The Kier molecular flexibility index (Phi) is 15.8. The van der Waals surface area contributed by atoms with Crippen molar-refractivity contribution in [2.45, 2.75) is 34.1 Å². The molecule has 8 rings (SSSR count). The average Bonchev–Trinajstić information content (AvgIpc) is 3.31. The molecule has 0 N–H and O–H groups in total. The third kappa shape index (κ3) is 10.5. The van der Waals surface area contributed by atoms with Gasteiger partial charge in [-0.25, -0.2) is 15.0 Å². The Hall–Kier alpha value is -6.43. The largest absolute Gasteiger partial charge is 0.285 e. The highest BCUT2D eigenvalue weighted by molar-refractivity contribution is 7.79.